The lowest BCUT2D eigenvalue weighted by Crippen LogP contribution is -2.38. The Morgan fingerprint density at radius 3 is 2.71 bits per heavy atom. The third-order valence-corrected chi connectivity index (χ3v) is 6.18. The van der Waals surface area contributed by atoms with Crippen LogP contribution in [-0.4, -0.2) is 29.9 Å². The van der Waals surface area contributed by atoms with Crippen LogP contribution in [0, 0.1) is 11.7 Å². The minimum Gasteiger partial charge on any atom is -0.488 e. The number of rotatable bonds is 5. The van der Waals surface area contributed by atoms with Crippen molar-refractivity contribution in [3.8, 4) is 5.75 Å². The zero-order valence-corrected chi connectivity index (χ0v) is 16.4. The van der Waals surface area contributed by atoms with Crippen molar-refractivity contribution in [2.24, 2.45) is 5.92 Å². The molecule has 4 rings (SSSR count). The number of amides is 1. The Balaban J connectivity index is 1.25. The summed E-state index contributed by atoms with van der Waals surface area (Å²) in [6.45, 7) is 2.53. The summed E-state index contributed by atoms with van der Waals surface area (Å²) in [5.74, 6) is 0.652. The minimum absolute atomic E-state index is 0.0130. The quantitative estimate of drug-likeness (QED) is 0.765. The highest BCUT2D eigenvalue weighted by atomic mass is 32.2. The van der Waals surface area contributed by atoms with Gasteiger partial charge in [0.2, 0.25) is 5.91 Å². The van der Waals surface area contributed by atoms with Gasteiger partial charge in [0, 0.05) is 41.6 Å². The zero-order valence-electron chi connectivity index (χ0n) is 15.6. The first-order chi connectivity index (χ1) is 13.7. The molecular formula is C22H23FN2O2S. The second kappa shape index (κ2) is 8.80. The molecule has 1 N–H and O–H groups in total. The first-order valence-corrected chi connectivity index (χ1v) is 10.3. The maximum atomic E-state index is 13.7. The molecule has 0 aromatic heterocycles. The van der Waals surface area contributed by atoms with Gasteiger partial charge < -0.3 is 10.1 Å². The van der Waals surface area contributed by atoms with Gasteiger partial charge in [0.05, 0.1) is 0 Å². The molecule has 1 amide bonds. The van der Waals surface area contributed by atoms with Gasteiger partial charge in [0.15, 0.2) is 0 Å². The molecule has 0 saturated carbocycles. The van der Waals surface area contributed by atoms with E-state index in [1.807, 2.05) is 18.2 Å². The van der Waals surface area contributed by atoms with Crippen LogP contribution in [0.1, 0.15) is 24.0 Å². The third kappa shape index (κ3) is 4.56. The van der Waals surface area contributed by atoms with Crippen molar-refractivity contribution in [1.29, 1.82) is 0 Å². The number of hydrogen-bond donors (Lipinski definition) is 1. The monoisotopic (exact) mass is 398 g/mol. The molecule has 2 aliphatic rings. The largest absolute Gasteiger partial charge is 0.488 e. The zero-order chi connectivity index (χ0) is 19.3. The predicted molar refractivity (Wildman–Crippen MR) is 110 cm³/mol. The van der Waals surface area contributed by atoms with E-state index in [-0.39, 0.29) is 24.2 Å². The number of carbonyl (C=O) groups is 1. The molecular weight excluding hydrogens is 375 g/mol. The van der Waals surface area contributed by atoms with Crippen LogP contribution in [-0.2, 0) is 11.3 Å². The molecule has 4 nitrogen and oxygen atoms in total. The lowest BCUT2D eigenvalue weighted by molar-refractivity contribution is -0.126. The summed E-state index contributed by atoms with van der Waals surface area (Å²) in [4.78, 5) is 13.6. The van der Waals surface area contributed by atoms with E-state index in [9.17, 15) is 9.18 Å². The van der Waals surface area contributed by atoms with Crippen molar-refractivity contribution in [1.82, 2.24) is 9.62 Å². The summed E-state index contributed by atoms with van der Waals surface area (Å²) in [6, 6.07) is 14.6. The van der Waals surface area contributed by atoms with Gasteiger partial charge in [-0.05, 0) is 43.0 Å². The molecule has 146 valence electrons. The number of nitrogens with one attached hydrogen (secondary N) is 1. The van der Waals surface area contributed by atoms with Crippen molar-refractivity contribution >= 4 is 23.9 Å². The molecule has 1 saturated heterocycles. The molecule has 0 unspecified atom stereocenters. The van der Waals surface area contributed by atoms with Gasteiger partial charge in [0.1, 0.15) is 18.2 Å². The fourth-order valence-electron chi connectivity index (χ4n) is 3.49. The van der Waals surface area contributed by atoms with E-state index in [1.54, 1.807) is 30.1 Å². The van der Waals surface area contributed by atoms with Crippen molar-refractivity contribution in [3.63, 3.8) is 0 Å². The number of nitrogens with zero attached hydrogens (tertiary/aromatic N) is 1. The van der Waals surface area contributed by atoms with Crippen LogP contribution in [0.5, 0.6) is 5.75 Å². The molecule has 0 aliphatic carbocycles. The van der Waals surface area contributed by atoms with Gasteiger partial charge >= 0.3 is 0 Å². The number of para-hydroxylation sites is 1. The lowest BCUT2D eigenvalue weighted by atomic mass is 9.97. The normalized spacial score (nSPS) is 17.4. The van der Waals surface area contributed by atoms with Crippen LogP contribution in [0.3, 0.4) is 0 Å². The third-order valence-electron chi connectivity index (χ3n) is 5.09. The fourth-order valence-corrected chi connectivity index (χ4v) is 4.51. The number of piperidine rings is 1. The Labute approximate surface area is 168 Å². The van der Waals surface area contributed by atoms with Gasteiger partial charge in [-0.3, -0.25) is 4.79 Å². The summed E-state index contributed by atoms with van der Waals surface area (Å²) < 4.78 is 21.8. The van der Waals surface area contributed by atoms with Gasteiger partial charge in [-0.1, -0.05) is 36.4 Å². The van der Waals surface area contributed by atoms with E-state index in [0.717, 1.165) is 37.2 Å². The van der Waals surface area contributed by atoms with Crippen LogP contribution in [0.25, 0.3) is 6.08 Å². The number of benzene rings is 2. The summed E-state index contributed by atoms with van der Waals surface area (Å²) in [7, 11) is 0. The van der Waals surface area contributed by atoms with E-state index in [0.29, 0.717) is 12.2 Å². The second-order valence-electron chi connectivity index (χ2n) is 7.04. The Morgan fingerprint density at radius 2 is 1.89 bits per heavy atom. The standard InChI is InChI=1S/C22H23FN2O2S/c23-20-7-3-1-6-18(20)14-24-22(26)16-9-11-25(12-10-16)28-19-13-17-5-2-4-8-21(17)27-15-19/h1-8,13,16H,9-12,14-15H2,(H,24,26). The molecule has 2 heterocycles. The smallest absolute Gasteiger partial charge is 0.223 e. The molecule has 2 aliphatic heterocycles. The fraction of sp³-hybridized carbons (Fsp3) is 0.318. The van der Waals surface area contributed by atoms with Crippen LogP contribution < -0.4 is 10.1 Å². The Bertz CT molecular complexity index is 878. The Kier molecular flexibility index (Phi) is 5.98. The van der Waals surface area contributed by atoms with Crippen molar-refractivity contribution in [3.05, 3.63) is 70.4 Å². The van der Waals surface area contributed by atoms with E-state index in [2.05, 4.69) is 21.8 Å². The van der Waals surface area contributed by atoms with E-state index < -0.39 is 0 Å². The van der Waals surface area contributed by atoms with Crippen LogP contribution in [0.2, 0.25) is 0 Å². The Hall–Kier alpha value is -2.31. The first kappa shape index (κ1) is 19.0. The van der Waals surface area contributed by atoms with E-state index in [1.165, 1.54) is 11.0 Å². The maximum absolute atomic E-state index is 13.7. The summed E-state index contributed by atoms with van der Waals surface area (Å²) in [5, 5.41) is 2.88. The average molecular weight is 399 g/mol. The molecule has 0 spiro atoms. The highest BCUT2D eigenvalue weighted by Gasteiger charge is 2.26. The van der Waals surface area contributed by atoms with Crippen molar-refractivity contribution < 1.29 is 13.9 Å². The number of hydrogen-bond acceptors (Lipinski definition) is 4. The van der Waals surface area contributed by atoms with Gasteiger partial charge in [0.25, 0.3) is 0 Å². The highest BCUT2D eigenvalue weighted by molar-refractivity contribution is 8.01. The summed E-state index contributed by atoms with van der Waals surface area (Å²) >= 11 is 1.72. The number of ether oxygens (including phenoxy) is 1. The molecule has 0 radical (unpaired) electrons. The number of halogens is 1. The van der Waals surface area contributed by atoms with Gasteiger partial charge in [-0.15, -0.1) is 0 Å². The maximum Gasteiger partial charge on any atom is 0.223 e. The minimum atomic E-state index is -0.279. The average Bonchev–Trinajstić information content (AvgIpc) is 2.73. The van der Waals surface area contributed by atoms with Crippen LogP contribution >= 0.6 is 11.9 Å². The molecule has 2 aromatic carbocycles. The number of carbonyl (C=O) groups excluding carboxylic acids is 1. The lowest BCUT2D eigenvalue weighted by Gasteiger charge is -2.31. The first-order valence-electron chi connectivity index (χ1n) is 9.55. The van der Waals surface area contributed by atoms with Gasteiger partial charge in [-0.25, -0.2) is 8.70 Å². The topological polar surface area (TPSA) is 41.6 Å². The molecule has 2 aromatic rings. The van der Waals surface area contributed by atoms with E-state index >= 15 is 0 Å². The van der Waals surface area contributed by atoms with E-state index in [4.69, 9.17) is 4.74 Å². The molecule has 1 fully saturated rings. The van der Waals surface area contributed by atoms with Crippen molar-refractivity contribution in [2.75, 3.05) is 19.7 Å². The summed E-state index contributed by atoms with van der Waals surface area (Å²) in [6.07, 6.45) is 3.79. The molecule has 0 atom stereocenters. The van der Waals surface area contributed by atoms with Crippen LogP contribution in [0.4, 0.5) is 4.39 Å². The highest BCUT2D eigenvalue weighted by Crippen LogP contribution is 2.34. The number of fused-ring (bicyclic) bond motifs is 1. The molecule has 6 heteroatoms. The predicted octanol–water partition coefficient (Wildman–Crippen LogP) is 4.24. The SMILES string of the molecule is O=C(NCc1ccccc1F)C1CCN(SC2=Cc3ccccc3OC2)CC1. The second-order valence-corrected chi connectivity index (χ2v) is 8.26. The summed E-state index contributed by atoms with van der Waals surface area (Å²) in [5.41, 5.74) is 1.63. The van der Waals surface area contributed by atoms with Crippen LogP contribution in [0.15, 0.2) is 53.4 Å². The van der Waals surface area contributed by atoms with Gasteiger partial charge in [-0.2, -0.15) is 0 Å². The molecule has 28 heavy (non-hydrogen) atoms. The Morgan fingerprint density at radius 1 is 1.14 bits per heavy atom. The molecule has 0 bridgehead atoms. The van der Waals surface area contributed by atoms with Crippen molar-refractivity contribution in [2.45, 2.75) is 19.4 Å².